The van der Waals surface area contributed by atoms with E-state index in [9.17, 15) is 14.7 Å². The van der Waals surface area contributed by atoms with Gasteiger partial charge >= 0.3 is 0 Å². The number of aryl methyl sites for hydroxylation is 1. The number of furan rings is 1. The van der Waals surface area contributed by atoms with Crippen molar-refractivity contribution in [1.82, 2.24) is 0 Å². The van der Waals surface area contributed by atoms with Crippen molar-refractivity contribution in [3.8, 4) is 5.75 Å². The monoisotopic (exact) mass is 350 g/mol. The summed E-state index contributed by atoms with van der Waals surface area (Å²) in [4.78, 5) is 23.9. The Morgan fingerprint density at radius 2 is 1.58 bits per heavy atom. The van der Waals surface area contributed by atoms with Gasteiger partial charge in [-0.1, -0.05) is 18.2 Å². The molecule has 0 fully saturated rings. The molecule has 2 amide bonds. The lowest BCUT2D eigenvalue weighted by Crippen LogP contribution is -2.13. The van der Waals surface area contributed by atoms with Gasteiger partial charge in [0.25, 0.3) is 5.91 Å². The summed E-state index contributed by atoms with van der Waals surface area (Å²) in [6, 6.07) is 17.0. The van der Waals surface area contributed by atoms with Crippen molar-refractivity contribution in [2.75, 3.05) is 10.6 Å². The van der Waals surface area contributed by atoms with Crippen molar-refractivity contribution >= 4 is 23.2 Å². The molecular formula is C20H18N2O4. The van der Waals surface area contributed by atoms with Gasteiger partial charge in [-0.25, -0.2) is 0 Å². The first-order valence-electron chi connectivity index (χ1n) is 8.13. The number of amides is 2. The van der Waals surface area contributed by atoms with Gasteiger partial charge in [0.1, 0.15) is 5.75 Å². The molecule has 132 valence electrons. The van der Waals surface area contributed by atoms with E-state index in [1.54, 1.807) is 54.6 Å². The minimum Gasteiger partial charge on any atom is -0.508 e. The number of nitrogens with one attached hydrogen (secondary N) is 2. The summed E-state index contributed by atoms with van der Waals surface area (Å²) in [5.74, 6) is -0.0708. The van der Waals surface area contributed by atoms with Gasteiger partial charge in [-0.2, -0.15) is 0 Å². The third-order valence-corrected chi connectivity index (χ3v) is 3.78. The molecule has 0 aliphatic rings. The zero-order valence-corrected chi connectivity index (χ0v) is 13.9. The zero-order chi connectivity index (χ0) is 18.4. The topological polar surface area (TPSA) is 91.6 Å². The van der Waals surface area contributed by atoms with E-state index in [0.717, 1.165) is 5.56 Å². The second-order valence-electron chi connectivity index (χ2n) is 5.69. The maximum atomic E-state index is 12.0. The summed E-state index contributed by atoms with van der Waals surface area (Å²) in [7, 11) is 0. The van der Waals surface area contributed by atoms with E-state index in [-0.39, 0.29) is 29.7 Å². The fraction of sp³-hybridized carbons (Fsp3) is 0.100. The quantitative estimate of drug-likeness (QED) is 0.630. The maximum absolute atomic E-state index is 12.0. The maximum Gasteiger partial charge on any atom is 0.291 e. The molecule has 6 nitrogen and oxygen atoms in total. The summed E-state index contributed by atoms with van der Waals surface area (Å²) in [5, 5.41) is 15.2. The molecule has 26 heavy (non-hydrogen) atoms. The first-order chi connectivity index (χ1) is 12.6. The molecule has 6 heteroatoms. The van der Waals surface area contributed by atoms with Crippen LogP contribution in [0.4, 0.5) is 11.4 Å². The predicted molar refractivity (Wildman–Crippen MR) is 98.2 cm³/mol. The number of carbonyl (C=O) groups excluding carboxylic acids is 2. The Hall–Kier alpha value is -3.54. The van der Waals surface area contributed by atoms with Crippen molar-refractivity contribution in [3.05, 3.63) is 78.3 Å². The molecule has 0 atom stereocenters. The van der Waals surface area contributed by atoms with Crippen LogP contribution in [-0.2, 0) is 11.2 Å². The fourth-order valence-electron chi connectivity index (χ4n) is 2.43. The van der Waals surface area contributed by atoms with Gasteiger partial charge in [0.2, 0.25) is 5.91 Å². The number of phenolic OH excluding ortho intramolecular Hbond substituents is 1. The van der Waals surface area contributed by atoms with Crippen LogP contribution in [0, 0.1) is 0 Å². The number of anilines is 2. The van der Waals surface area contributed by atoms with Crippen molar-refractivity contribution in [3.63, 3.8) is 0 Å². The van der Waals surface area contributed by atoms with Crippen LogP contribution in [-0.4, -0.2) is 16.9 Å². The van der Waals surface area contributed by atoms with E-state index in [0.29, 0.717) is 17.8 Å². The molecule has 0 bridgehead atoms. The van der Waals surface area contributed by atoms with Gasteiger partial charge < -0.3 is 20.2 Å². The highest BCUT2D eigenvalue weighted by Crippen LogP contribution is 2.18. The molecule has 0 aliphatic heterocycles. The molecule has 3 aromatic rings. The Kier molecular flexibility index (Phi) is 5.34. The molecule has 1 heterocycles. The van der Waals surface area contributed by atoms with Crippen LogP contribution in [0.2, 0.25) is 0 Å². The summed E-state index contributed by atoms with van der Waals surface area (Å²) in [6.07, 6.45) is 2.15. The van der Waals surface area contributed by atoms with Gasteiger partial charge in [-0.05, 0) is 54.4 Å². The molecule has 2 aromatic carbocycles. The van der Waals surface area contributed by atoms with Gasteiger partial charge in [-0.3, -0.25) is 9.59 Å². The van der Waals surface area contributed by atoms with Crippen LogP contribution < -0.4 is 10.6 Å². The largest absolute Gasteiger partial charge is 0.508 e. The smallest absolute Gasteiger partial charge is 0.291 e. The summed E-state index contributed by atoms with van der Waals surface area (Å²) < 4.78 is 5.03. The SMILES string of the molecule is O=C(CCc1ccccc1O)Nc1ccc(NC(=O)c2ccco2)cc1. The Morgan fingerprint density at radius 1 is 0.885 bits per heavy atom. The second kappa shape index (κ2) is 8.02. The van der Waals surface area contributed by atoms with Crippen molar-refractivity contribution in [2.24, 2.45) is 0 Å². The highest BCUT2D eigenvalue weighted by Gasteiger charge is 2.09. The lowest BCUT2D eigenvalue weighted by molar-refractivity contribution is -0.116. The van der Waals surface area contributed by atoms with Gasteiger partial charge in [-0.15, -0.1) is 0 Å². The summed E-state index contributed by atoms with van der Waals surface area (Å²) in [6.45, 7) is 0. The second-order valence-corrected chi connectivity index (χ2v) is 5.69. The molecule has 0 unspecified atom stereocenters. The Balaban J connectivity index is 1.51. The number of hydrogen-bond acceptors (Lipinski definition) is 4. The van der Waals surface area contributed by atoms with E-state index in [1.807, 2.05) is 6.07 Å². The normalized spacial score (nSPS) is 10.3. The minimum atomic E-state index is -0.338. The Labute approximate surface area is 150 Å². The molecule has 0 radical (unpaired) electrons. The molecule has 0 saturated carbocycles. The average Bonchev–Trinajstić information content (AvgIpc) is 3.17. The van der Waals surface area contributed by atoms with Gasteiger partial charge in [0, 0.05) is 17.8 Å². The van der Waals surface area contributed by atoms with E-state index in [1.165, 1.54) is 6.26 Å². The van der Waals surface area contributed by atoms with Crippen LogP contribution in [0.5, 0.6) is 5.75 Å². The highest BCUT2D eigenvalue weighted by atomic mass is 16.3. The van der Waals surface area contributed by atoms with E-state index < -0.39 is 0 Å². The van der Waals surface area contributed by atoms with Crippen LogP contribution in [0.3, 0.4) is 0 Å². The number of carbonyl (C=O) groups is 2. The predicted octanol–water partition coefficient (Wildman–Crippen LogP) is 3.81. The standard InChI is InChI=1S/C20H18N2O4/c23-17-5-2-1-4-14(17)7-12-19(24)21-15-8-10-16(11-9-15)22-20(25)18-6-3-13-26-18/h1-6,8-11,13,23H,7,12H2,(H,21,24)(H,22,25). The molecule has 0 spiro atoms. The summed E-state index contributed by atoms with van der Waals surface area (Å²) in [5.41, 5.74) is 1.96. The average molecular weight is 350 g/mol. The first kappa shape index (κ1) is 17.3. The van der Waals surface area contributed by atoms with Gasteiger partial charge in [0.15, 0.2) is 5.76 Å². The molecular weight excluding hydrogens is 332 g/mol. The van der Waals surface area contributed by atoms with E-state index >= 15 is 0 Å². The Bertz CT molecular complexity index is 886. The van der Waals surface area contributed by atoms with E-state index in [4.69, 9.17) is 4.42 Å². The summed E-state index contributed by atoms with van der Waals surface area (Å²) >= 11 is 0. The van der Waals surface area contributed by atoms with Crippen molar-refractivity contribution < 1.29 is 19.1 Å². The van der Waals surface area contributed by atoms with Crippen molar-refractivity contribution in [2.45, 2.75) is 12.8 Å². The van der Waals surface area contributed by atoms with Crippen LogP contribution in [0.25, 0.3) is 0 Å². The number of rotatable bonds is 6. The highest BCUT2D eigenvalue weighted by molar-refractivity contribution is 6.02. The number of benzene rings is 2. The molecule has 1 aromatic heterocycles. The number of phenols is 1. The third-order valence-electron chi connectivity index (χ3n) is 3.78. The minimum absolute atomic E-state index is 0.152. The zero-order valence-electron chi connectivity index (χ0n) is 13.9. The molecule has 3 rings (SSSR count). The fourth-order valence-corrected chi connectivity index (χ4v) is 2.43. The van der Waals surface area contributed by atoms with Crippen LogP contribution in [0.15, 0.2) is 71.3 Å². The number of aromatic hydroxyl groups is 1. The lowest BCUT2D eigenvalue weighted by atomic mass is 10.1. The van der Waals surface area contributed by atoms with Gasteiger partial charge in [0.05, 0.1) is 6.26 Å². The van der Waals surface area contributed by atoms with Crippen molar-refractivity contribution in [1.29, 1.82) is 0 Å². The van der Waals surface area contributed by atoms with Crippen LogP contribution in [0.1, 0.15) is 22.5 Å². The molecule has 0 aliphatic carbocycles. The molecule has 0 saturated heterocycles. The van der Waals surface area contributed by atoms with E-state index in [2.05, 4.69) is 10.6 Å². The number of hydrogen-bond donors (Lipinski definition) is 3. The number of para-hydroxylation sites is 1. The van der Waals surface area contributed by atoms with Crippen LogP contribution >= 0.6 is 0 Å². The lowest BCUT2D eigenvalue weighted by Gasteiger charge is -2.08. The molecule has 3 N–H and O–H groups in total. The third kappa shape index (κ3) is 4.51. The first-order valence-corrected chi connectivity index (χ1v) is 8.13. The Morgan fingerprint density at radius 3 is 2.23 bits per heavy atom.